The summed E-state index contributed by atoms with van der Waals surface area (Å²) < 4.78 is 13.6. The lowest BCUT2D eigenvalue weighted by atomic mass is 9.43. The molecule has 0 aliphatic heterocycles. The van der Waals surface area contributed by atoms with Crippen LogP contribution in [-0.4, -0.2) is 28.3 Å². The van der Waals surface area contributed by atoms with E-state index in [1.165, 1.54) is 37.8 Å². The van der Waals surface area contributed by atoms with Crippen LogP contribution in [-0.2, 0) is 4.79 Å². The molecule has 1 aromatic rings. The first-order chi connectivity index (χ1) is 17.0. The number of anilines is 1. The van der Waals surface area contributed by atoms with Crippen LogP contribution < -0.4 is 5.32 Å². The summed E-state index contributed by atoms with van der Waals surface area (Å²) in [6.07, 6.45) is 9.30. The van der Waals surface area contributed by atoms with Gasteiger partial charge in [0.15, 0.2) is 0 Å². The fourth-order valence-electron chi connectivity index (χ4n) is 9.68. The van der Waals surface area contributed by atoms with E-state index < -0.39 is 0 Å². The quantitative estimate of drug-likeness (QED) is 0.434. The van der Waals surface area contributed by atoms with Gasteiger partial charge >= 0.3 is 0 Å². The van der Waals surface area contributed by atoms with Gasteiger partial charge in [-0.25, -0.2) is 4.39 Å². The standard InChI is InChI=1S/C31H46FNO3/c1-18(6-10-28(36)33-26-17-21(32)7-5-19(26)2)23-8-9-24-29-25(12-14-31(23,24)4)30(3)13-11-22(34)15-20(30)16-27(29)35/h5,7,17-18,20,22-25,27,29,34-35H,6,8-16H2,1-4H3,(H,33,36)/t18-,20+,22-,23-,24+,25+,27+,29+,30+,31-/m1/s1. The van der Waals surface area contributed by atoms with Gasteiger partial charge in [0.25, 0.3) is 0 Å². The van der Waals surface area contributed by atoms with Crippen LogP contribution in [0.25, 0.3) is 0 Å². The first-order valence-corrected chi connectivity index (χ1v) is 14.4. The van der Waals surface area contributed by atoms with Crippen LogP contribution in [0.3, 0.4) is 0 Å². The highest BCUT2D eigenvalue weighted by atomic mass is 19.1. The highest BCUT2D eigenvalue weighted by Gasteiger charge is 2.62. The molecule has 4 nitrogen and oxygen atoms in total. The second-order valence-corrected chi connectivity index (χ2v) is 13.5. The van der Waals surface area contributed by atoms with Crippen LogP contribution >= 0.6 is 0 Å². The summed E-state index contributed by atoms with van der Waals surface area (Å²) in [4.78, 5) is 12.7. The third-order valence-electron chi connectivity index (χ3n) is 11.7. The third kappa shape index (κ3) is 4.42. The Morgan fingerprint density at radius 3 is 2.58 bits per heavy atom. The number of nitrogens with one attached hydrogen (secondary N) is 1. The Kier molecular flexibility index (Phi) is 7.04. The van der Waals surface area contributed by atoms with E-state index in [0.717, 1.165) is 37.7 Å². The van der Waals surface area contributed by atoms with Crippen LogP contribution in [0.15, 0.2) is 18.2 Å². The van der Waals surface area contributed by atoms with Gasteiger partial charge in [0.1, 0.15) is 5.82 Å². The number of fused-ring (bicyclic) bond motifs is 5. The average molecular weight is 500 g/mol. The van der Waals surface area contributed by atoms with Crippen molar-refractivity contribution in [2.24, 2.45) is 46.3 Å². The Labute approximate surface area is 216 Å². The van der Waals surface area contributed by atoms with Crippen molar-refractivity contribution in [3.63, 3.8) is 0 Å². The van der Waals surface area contributed by atoms with Crippen LogP contribution in [0.5, 0.6) is 0 Å². The Balaban J connectivity index is 1.24. The van der Waals surface area contributed by atoms with Crippen molar-refractivity contribution < 1.29 is 19.4 Å². The summed E-state index contributed by atoms with van der Waals surface area (Å²) in [6, 6.07) is 4.51. The lowest BCUT2D eigenvalue weighted by Crippen LogP contribution is -2.58. The van der Waals surface area contributed by atoms with E-state index in [-0.39, 0.29) is 34.8 Å². The molecule has 4 aliphatic rings. The zero-order valence-electron chi connectivity index (χ0n) is 22.6. The molecule has 36 heavy (non-hydrogen) atoms. The predicted octanol–water partition coefficient (Wildman–Crippen LogP) is 6.48. The minimum atomic E-state index is -0.334. The van der Waals surface area contributed by atoms with Gasteiger partial charge in [0.2, 0.25) is 5.91 Å². The predicted molar refractivity (Wildman–Crippen MR) is 141 cm³/mol. The minimum absolute atomic E-state index is 0.0416. The third-order valence-corrected chi connectivity index (χ3v) is 11.7. The number of hydrogen-bond acceptors (Lipinski definition) is 3. The number of aryl methyl sites for hydroxylation is 1. The monoisotopic (exact) mass is 499 g/mol. The number of amides is 1. The number of hydrogen-bond donors (Lipinski definition) is 3. The highest BCUT2D eigenvalue weighted by Crippen LogP contribution is 2.68. The molecule has 0 aromatic heterocycles. The molecule has 5 heteroatoms. The molecule has 200 valence electrons. The Bertz CT molecular complexity index is 983. The molecule has 10 atom stereocenters. The Morgan fingerprint density at radius 2 is 1.81 bits per heavy atom. The first kappa shape index (κ1) is 26.2. The maximum atomic E-state index is 13.6. The van der Waals surface area contributed by atoms with Gasteiger partial charge in [-0.1, -0.05) is 26.8 Å². The maximum Gasteiger partial charge on any atom is 0.224 e. The Morgan fingerprint density at radius 1 is 1.08 bits per heavy atom. The van der Waals surface area contributed by atoms with E-state index in [1.54, 1.807) is 6.07 Å². The number of benzene rings is 1. The number of aliphatic hydroxyl groups is 2. The van der Waals surface area contributed by atoms with Gasteiger partial charge in [-0.3, -0.25) is 4.79 Å². The summed E-state index contributed by atoms with van der Waals surface area (Å²) in [7, 11) is 0. The molecule has 4 aliphatic carbocycles. The van der Waals surface area contributed by atoms with Crippen molar-refractivity contribution in [3.05, 3.63) is 29.6 Å². The van der Waals surface area contributed by atoms with Gasteiger partial charge in [0.05, 0.1) is 12.2 Å². The summed E-state index contributed by atoms with van der Waals surface area (Å²) in [6.45, 7) is 9.13. The lowest BCUT2D eigenvalue weighted by molar-refractivity contribution is -0.174. The van der Waals surface area contributed by atoms with Crippen LogP contribution in [0, 0.1) is 59.1 Å². The summed E-state index contributed by atoms with van der Waals surface area (Å²) in [5.74, 6) is 2.55. The molecule has 0 radical (unpaired) electrons. The topological polar surface area (TPSA) is 69.6 Å². The van der Waals surface area contributed by atoms with Crippen molar-refractivity contribution in [2.45, 2.75) is 104 Å². The smallest absolute Gasteiger partial charge is 0.224 e. The molecular formula is C31H46FNO3. The largest absolute Gasteiger partial charge is 0.393 e. The van der Waals surface area contributed by atoms with Crippen molar-refractivity contribution in [1.82, 2.24) is 0 Å². The van der Waals surface area contributed by atoms with Crippen molar-refractivity contribution >= 4 is 11.6 Å². The fraction of sp³-hybridized carbons (Fsp3) is 0.774. The SMILES string of the molecule is Cc1ccc(F)cc1NC(=O)CC[C@@H](C)[C@H]1CC[C@H]2[C@@H]3[C@@H](O)C[C@@H]4C[C@H](O)CC[C@]4(C)[C@H]3CC[C@]12C. The van der Waals surface area contributed by atoms with Crippen molar-refractivity contribution in [2.75, 3.05) is 5.32 Å². The molecule has 1 aromatic carbocycles. The second-order valence-electron chi connectivity index (χ2n) is 13.5. The van der Waals surface area contributed by atoms with E-state index in [0.29, 0.717) is 47.6 Å². The average Bonchev–Trinajstić information content (AvgIpc) is 3.18. The molecule has 0 unspecified atom stereocenters. The highest BCUT2D eigenvalue weighted by molar-refractivity contribution is 5.91. The number of aliphatic hydroxyl groups excluding tert-OH is 2. The van der Waals surface area contributed by atoms with Crippen molar-refractivity contribution in [1.29, 1.82) is 0 Å². The molecule has 5 rings (SSSR count). The second kappa shape index (κ2) is 9.69. The summed E-state index contributed by atoms with van der Waals surface area (Å²) in [5, 5.41) is 24.6. The fourth-order valence-corrected chi connectivity index (χ4v) is 9.68. The van der Waals surface area contributed by atoms with Crippen LogP contribution in [0.2, 0.25) is 0 Å². The number of carbonyl (C=O) groups is 1. The van der Waals surface area contributed by atoms with Gasteiger partial charge in [-0.2, -0.15) is 0 Å². The molecule has 3 N–H and O–H groups in total. The summed E-state index contributed by atoms with van der Waals surface area (Å²) in [5.41, 5.74) is 1.90. The van der Waals surface area contributed by atoms with Gasteiger partial charge in [-0.05, 0) is 129 Å². The van der Waals surface area contributed by atoms with E-state index in [2.05, 4.69) is 26.1 Å². The first-order valence-electron chi connectivity index (χ1n) is 14.4. The van der Waals surface area contributed by atoms with Gasteiger partial charge < -0.3 is 15.5 Å². The zero-order valence-corrected chi connectivity index (χ0v) is 22.6. The van der Waals surface area contributed by atoms with Crippen molar-refractivity contribution in [3.8, 4) is 0 Å². The zero-order chi connectivity index (χ0) is 25.8. The molecule has 1 amide bonds. The molecular weight excluding hydrogens is 453 g/mol. The molecule has 0 heterocycles. The van der Waals surface area contributed by atoms with E-state index in [1.807, 2.05) is 6.92 Å². The van der Waals surface area contributed by atoms with E-state index in [4.69, 9.17) is 0 Å². The number of rotatable bonds is 5. The minimum Gasteiger partial charge on any atom is -0.393 e. The normalized spacial score (nSPS) is 42.7. The van der Waals surface area contributed by atoms with Gasteiger partial charge in [0, 0.05) is 12.1 Å². The van der Waals surface area contributed by atoms with E-state index in [9.17, 15) is 19.4 Å². The summed E-state index contributed by atoms with van der Waals surface area (Å²) >= 11 is 0. The molecule has 0 bridgehead atoms. The molecule has 0 spiro atoms. The molecule has 4 saturated carbocycles. The number of halogens is 1. The molecule has 0 saturated heterocycles. The number of carbonyl (C=O) groups excluding carboxylic acids is 1. The maximum absolute atomic E-state index is 13.6. The van der Waals surface area contributed by atoms with Crippen LogP contribution in [0.4, 0.5) is 10.1 Å². The molecule has 4 fully saturated rings. The van der Waals surface area contributed by atoms with Crippen LogP contribution in [0.1, 0.15) is 90.5 Å². The lowest BCUT2D eigenvalue weighted by Gasteiger charge is -2.62. The Hall–Kier alpha value is -1.46. The van der Waals surface area contributed by atoms with E-state index >= 15 is 0 Å². The van der Waals surface area contributed by atoms with Gasteiger partial charge in [-0.15, -0.1) is 0 Å².